The molecule has 0 spiro atoms. The van der Waals surface area contributed by atoms with Crippen LogP contribution in [0.3, 0.4) is 0 Å². The summed E-state index contributed by atoms with van der Waals surface area (Å²) in [6.07, 6.45) is 6.53. The van der Waals surface area contributed by atoms with Gasteiger partial charge in [0.2, 0.25) is 0 Å². The Morgan fingerprint density at radius 2 is 2.05 bits per heavy atom. The van der Waals surface area contributed by atoms with Crippen molar-refractivity contribution in [3.8, 4) is 0 Å². The number of aromatic nitrogens is 1. The fraction of sp³-hybridized carbons (Fsp3) is 0.412. The molecule has 0 aliphatic heterocycles. The molecule has 1 aliphatic carbocycles. The van der Waals surface area contributed by atoms with Gasteiger partial charge >= 0.3 is 0 Å². The number of benzene rings is 1. The zero-order chi connectivity index (χ0) is 14.7. The molecule has 2 aromatic rings. The van der Waals surface area contributed by atoms with E-state index in [-0.39, 0.29) is 5.91 Å². The second-order valence-corrected chi connectivity index (χ2v) is 5.88. The van der Waals surface area contributed by atoms with Gasteiger partial charge in [-0.05, 0) is 37.1 Å². The Balaban J connectivity index is 1.69. The Bertz CT molecular complexity index is 648. The number of aliphatic hydroxyl groups is 1. The number of nitrogens with zero attached hydrogens (tertiary/aromatic N) is 1. The van der Waals surface area contributed by atoms with Crippen LogP contribution in [0, 0.1) is 0 Å². The number of hydrogen-bond donors (Lipinski definition) is 2. The van der Waals surface area contributed by atoms with Crippen molar-refractivity contribution in [1.29, 1.82) is 0 Å². The molecule has 0 saturated heterocycles. The van der Waals surface area contributed by atoms with Crippen molar-refractivity contribution in [3.63, 3.8) is 0 Å². The van der Waals surface area contributed by atoms with Gasteiger partial charge in [0.05, 0.1) is 11.1 Å². The number of carbonyl (C=O) groups excluding carboxylic acids is 1. The Kier molecular flexibility index (Phi) is 3.88. The number of pyridine rings is 1. The maximum atomic E-state index is 12.2. The van der Waals surface area contributed by atoms with Crippen LogP contribution in [0.4, 0.5) is 0 Å². The molecule has 1 amide bonds. The minimum atomic E-state index is -0.730. The summed E-state index contributed by atoms with van der Waals surface area (Å²) >= 11 is 0. The minimum absolute atomic E-state index is 0.139. The summed E-state index contributed by atoms with van der Waals surface area (Å²) in [6, 6.07) is 9.25. The maximum Gasteiger partial charge on any atom is 0.251 e. The standard InChI is InChI=1S/C17H20N2O2/c20-16(19-12-17(21)8-2-1-3-9-17)14-6-7-15-13(11-14)5-4-10-18-15/h4-7,10-11,21H,1-3,8-9,12H2,(H,19,20). The van der Waals surface area contributed by atoms with E-state index in [4.69, 9.17) is 0 Å². The molecular formula is C17H20N2O2. The molecule has 1 saturated carbocycles. The van der Waals surface area contributed by atoms with E-state index < -0.39 is 5.60 Å². The first kappa shape index (κ1) is 14.0. The molecule has 3 rings (SSSR count). The smallest absolute Gasteiger partial charge is 0.251 e. The highest BCUT2D eigenvalue weighted by atomic mass is 16.3. The first-order chi connectivity index (χ1) is 10.2. The van der Waals surface area contributed by atoms with Crippen molar-refractivity contribution in [1.82, 2.24) is 10.3 Å². The van der Waals surface area contributed by atoms with Crippen LogP contribution in [-0.4, -0.2) is 28.1 Å². The quantitative estimate of drug-likeness (QED) is 0.911. The van der Waals surface area contributed by atoms with E-state index >= 15 is 0 Å². The summed E-state index contributed by atoms with van der Waals surface area (Å²) < 4.78 is 0. The Hall–Kier alpha value is -1.94. The summed E-state index contributed by atoms with van der Waals surface area (Å²) in [5.74, 6) is -0.139. The van der Waals surface area contributed by atoms with E-state index in [0.717, 1.165) is 36.6 Å². The van der Waals surface area contributed by atoms with E-state index in [0.29, 0.717) is 12.1 Å². The average molecular weight is 284 g/mol. The lowest BCUT2D eigenvalue weighted by molar-refractivity contribution is 0.00526. The lowest BCUT2D eigenvalue weighted by atomic mass is 9.85. The molecule has 1 aliphatic rings. The molecule has 2 N–H and O–H groups in total. The monoisotopic (exact) mass is 284 g/mol. The van der Waals surface area contributed by atoms with Crippen LogP contribution in [0.5, 0.6) is 0 Å². The average Bonchev–Trinajstić information content (AvgIpc) is 2.53. The van der Waals surface area contributed by atoms with Gasteiger partial charge in [0.25, 0.3) is 5.91 Å². The van der Waals surface area contributed by atoms with Crippen molar-refractivity contribution in [3.05, 3.63) is 42.1 Å². The fourth-order valence-electron chi connectivity index (χ4n) is 2.95. The minimum Gasteiger partial charge on any atom is -0.388 e. The largest absolute Gasteiger partial charge is 0.388 e. The van der Waals surface area contributed by atoms with Crippen molar-refractivity contribution in [2.24, 2.45) is 0 Å². The van der Waals surface area contributed by atoms with E-state index in [1.807, 2.05) is 24.3 Å². The number of fused-ring (bicyclic) bond motifs is 1. The second kappa shape index (κ2) is 5.82. The van der Waals surface area contributed by atoms with Crippen LogP contribution in [0.25, 0.3) is 10.9 Å². The number of amides is 1. The summed E-state index contributed by atoms with van der Waals surface area (Å²) in [4.78, 5) is 16.5. The second-order valence-electron chi connectivity index (χ2n) is 5.88. The molecule has 0 atom stereocenters. The van der Waals surface area contributed by atoms with Crippen molar-refractivity contribution >= 4 is 16.8 Å². The molecule has 21 heavy (non-hydrogen) atoms. The van der Waals surface area contributed by atoms with Gasteiger partial charge in [-0.3, -0.25) is 9.78 Å². The molecule has 110 valence electrons. The number of rotatable bonds is 3. The summed E-state index contributed by atoms with van der Waals surface area (Å²) in [5.41, 5.74) is 0.752. The molecule has 0 unspecified atom stereocenters. The third-order valence-corrected chi connectivity index (χ3v) is 4.23. The normalized spacial score (nSPS) is 17.6. The molecule has 4 heteroatoms. The van der Waals surface area contributed by atoms with E-state index in [1.54, 1.807) is 12.3 Å². The summed E-state index contributed by atoms with van der Waals surface area (Å²) in [6.45, 7) is 0.330. The van der Waals surface area contributed by atoms with Crippen LogP contribution in [0.1, 0.15) is 42.5 Å². The van der Waals surface area contributed by atoms with E-state index in [9.17, 15) is 9.90 Å². The molecule has 1 heterocycles. The van der Waals surface area contributed by atoms with Gasteiger partial charge in [-0.1, -0.05) is 25.3 Å². The Morgan fingerprint density at radius 1 is 1.24 bits per heavy atom. The molecule has 1 aromatic heterocycles. The van der Waals surface area contributed by atoms with Crippen LogP contribution < -0.4 is 5.32 Å². The third kappa shape index (κ3) is 3.22. The highest BCUT2D eigenvalue weighted by molar-refractivity contribution is 5.97. The van der Waals surface area contributed by atoms with Gasteiger partial charge in [0, 0.05) is 23.7 Å². The number of carbonyl (C=O) groups is 1. The first-order valence-corrected chi connectivity index (χ1v) is 7.52. The zero-order valence-corrected chi connectivity index (χ0v) is 12.0. The van der Waals surface area contributed by atoms with Crippen LogP contribution in [-0.2, 0) is 0 Å². The Labute approximate surface area is 124 Å². The van der Waals surface area contributed by atoms with E-state index in [1.165, 1.54) is 6.42 Å². The predicted molar refractivity (Wildman–Crippen MR) is 82.1 cm³/mol. The van der Waals surface area contributed by atoms with E-state index in [2.05, 4.69) is 10.3 Å². The zero-order valence-electron chi connectivity index (χ0n) is 12.0. The molecule has 0 radical (unpaired) electrons. The van der Waals surface area contributed by atoms with Gasteiger partial charge in [-0.25, -0.2) is 0 Å². The van der Waals surface area contributed by atoms with Gasteiger partial charge in [-0.2, -0.15) is 0 Å². The molecular weight excluding hydrogens is 264 g/mol. The maximum absolute atomic E-state index is 12.2. The summed E-state index contributed by atoms with van der Waals surface area (Å²) in [5, 5.41) is 14.2. The van der Waals surface area contributed by atoms with Gasteiger partial charge in [0.15, 0.2) is 0 Å². The molecule has 4 nitrogen and oxygen atoms in total. The predicted octanol–water partition coefficient (Wildman–Crippen LogP) is 2.66. The molecule has 0 bridgehead atoms. The third-order valence-electron chi connectivity index (χ3n) is 4.23. The fourth-order valence-corrected chi connectivity index (χ4v) is 2.95. The van der Waals surface area contributed by atoms with Crippen molar-refractivity contribution in [2.75, 3.05) is 6.54 Å². The van der Waals surface area contributed by atoms with Crippen LogP contribution >= 0.6 is 0 Å². The Morgan fingerprint density at radius 3 is 2.86 bits per heavy atom. The lowest BCUT2D eigenvalue weighted by Gasteiger charge is -2.32. The first-order valence-electron chi connectivity index (χ1n) is 7.52. The number of nitrogens with one attached hydrogen (secondary N) is 1. The number of hydrogen-bond acceptors (Lipinski definition) is 3. The highest BCUT2D eigenvalue weighted by Gasteiger charge is 2.29. The van der Waals surface area contributed by atoms with Gasteiger partial charge in [-0.15, -0.1) is 0 Å². The highest BCUT2D eigenvalue weighted by Crippen LogP contribution is 2.27. The van der Waals surface area contributed by atoms with Crippen LogP contribution in [0.2, 0.25) is 0 Å². The van der Waals surface area contributed by atoms with Gasteiger partial charge < -0.3 is 10.4 Å². The molecule has 1 aromatic carbocycles. The van der Waals surface area contributed by atoms with Crippen molar-refractivity contribution < 1.29 is 9.90 Å². The SMILES string of the molecule is O=C(NCC1(O)CCCCC1)c1ccc2ncccc2c1. The van der Waals surface area contributed by atoms with Crippen molar-refractivity contribution in [2.45, 2.75) is 37.7 Å². The lowest BCUT2D eigenvalue weighted by Crippen LogP contribution is -2.44. The topological polar surface area (TPSA) is 62.2 Å². The van der Waals surface area contributed by atoms with Gasteiger partial charge in [0.1, 0.15) is 0 Å². The summed E-state index contributed by atoms with van der Waals surface area (Å²) in [7, 11) is 0. The molecule has 1 fully saturated rings. The van der Waals surface area contributed by atoms with Crippen LogP contribution in [0.15, 0.2) is 36.5 Å².